The molecular formula is C11H13BrFN3O2. The fourth-order valence-electron chi connectivity index (χ4n) is 1.29. The Morgan fingerprint density at radius 3 is 2.94 bits per heavy atom. The molecule has 7 heteroatoms. The topological polar surface area (TPSA) is 87.7 Å². The smallest absolute Gasteiger partial charge is 0.252 e. The van der Waals surface area contributed by atoms with Crippen LogP contribution in [0.5, 0.6) is 0 Å². The van der Waals surface area contributed by atoms with Crippen molar-refractivity contribution in [3.8, 4) is 0 Å². The molecule has 0 saturated heterocycles. The van der Waals surface area contributed by atoms with Crippen LogP contribution in [0.2, 0.25) is 0 Å². The third kappa shape index (κ3) is 4.33. The summed E-state index contributed by atoms with van der Waals surface area (Å²) >= 11 is 3.17. The molecule has 0 saturated carbocycles. The summed E-state index contributed by atoms with van der Waals surface area (Å²) in [6, 6.07) is 3.89. The summed E-state index contributed by atoms with van der Waals surface area (Å²) in [4.78, 5) is 11.7. The van der Waals surface area contributed by atoms with Crippen molar-refractivity contribution in [2.24, 2.45) is 10.9 Å². The molecule has 0 radical (unpaired) electrons. The van der Waals surface area contributed by atoms with Gasteiger partial charge in [-0.2, -0.15) is 0 Å². The average molecular weight is 318 g/mol. The van der Waals surface area contributed by atoms with Gasteiger partial charge in [0, 0.05) is 17.4 Å². The van der Waals surface area contributed by atoms with Crippen LogP contribution >= 0.6 is 15.9 Å². The Bertz CT molecular complexity index is 466. The van der Waals surface area contributed by atoms with Gasteiger partial charge in [0.15, 0.2) is 0 Å². The number of carbonyl (C=O) groups is 1. The van der Waals surface area contributed by atoms with E-state index in [0.29, 0.717) is 23.9 Å². The summed E-state index contributed by atoms with van der Waals surface area (Å²) in [5, 5.41) is 13.7. The molecule has 5 nitrogen and oxygen atoms in total. The van der Waals surface area contributed by atoms with Crippen LogP contribution in [0.1, 0.15) is 23.2 Å². The highest BCUT2D eigenvalue weighted by molar-refractivity contribution is 9.10. The van der Waals surface area contributed by atoms with Gasteiger partial charge in [0.05, 0.1) is 5.56 Å². The Kier molecular flexibility index (Phi) is 5.57. The van der Waals surface area contributed by atoms with E-state index in [4.69, 9.17) is 10.9 Å². The molecule has 1 aromatic carbocycles. The molecule has 0 bridgehead atoms. The second kappa shape index (κ2) is 6.95. The van der Waals surface area contributed by atoms with Crippen LogP contribution in [-0.2, 0) is 0 Å². The quantitative estimate of drug-likeness (QED) is 0.254. The van der Waals surface area contributed by atoms with Gasteiger partial charge in [0.25, 0.3) is 5.91 Å². The number of nitrogens with zero attached hydrogens (tertiary/aromatic N) is 1. The van der Waals surface area contributed by atoms with E-state index < -0.39 is 5.82 Å². The minimum Gasteiger partial charge on any atom is -0.409 e. The number of rotatable bonds is 5. The van der Waals surface area contributed by atoms with Crippen molar-refractivity contribution in [2.45, 2.75) is 12.8 Å². The summed E-state index contributed by atoms with van der Waals surface area (Å²) < 4.78 is 13.5. The highest BCUT2D eigenvalue weighted by Gasteiger charge is 2.10. The van der Waals surface area contributed by atoms with Crippen LogP contribution < -0.4 is 11.1 Å². The number of amides is 1. The molecular weight excluding hydrogens is 305 g/mol. The molecule has 0 unspecified atom stereocenters. The summed E-state index contributed by atoms with van der Waals surface area (Å²) in [7, 11) is 0. The fraction of sp³-hybridized carbons (Fsp3) is 0.273. The molecule has 0 atom stereocenters. The maximum atomic E-state index is 13.0. The molecule has 98 valence electrons. The first-order valence-electron chi connectivity index (χ1n) is 5.24. The fourth-order valence-corrected chi connectivity index (χ4v) is 1.71. The minimum atomic E-state index is -0.472. The SMILES string of the molecule is NC(CCCNC(=O)c1cc(F)ccc1Br)=NO. The Morgan fingerprint density at radius 2 is 2.28 bits per heavy atom. The van der Waals surface area contributed by atoms with E-state index in [-0.39, 0.29) is 17.3 Å². The largest absolute Gasteiger partial charge is 0.409 e. The van der Waals surface area contributed by atoms with Crippen LogP contribution in [0.15, 0.2) is 27.8 Å². The van der Waals surface area contributed by atoms with Gasteiger partial charge in [-0.25, -0.2) is 4.39 Å². The highest BCUT2D eigenvalue weighted by Crippen LogP contribution is 2.17. The molecule has 4 N–H and O–H groups in total. The number of amidine groups is 1. The first-order valence-corrected chi connectivity index (χ1v) is 6.03. The van der Waals surface area contributed by atoms with Gasteiger partial charge in [0.2, 0.25) is 0 Å². The minimum absolute atomic E-state index is 0.108. The van der Waals surface area contributed by atoms with Crippen molar-refractivity contribution < 1.29 is 14.4 Å². The molecule has 0 spiro atoms. The van der Waals surface area contributed by atoms with Crippen molar-refractivity contribution in [3.05, 3.63) is 34.1 Å². The summed E-state index contributed by atoms with van der Waals surface area (Å²) in [5.41, 5.74) is 5.51. The van der Waals surface area contributed by atoms with Gasteiger partial charge >= 0.3 is 0 Å². The van der Waals surface area contributed by atoms with Gasteiger partial charge in [-0.1, -0.05) is 5.16 Å². The second-order valence-electron chi connectivity index (χ2n) is 3.57. The van der Waals surface area contributed by atoms with Crippen LogP contribution in [-0.4, -0.2) is 23.5 Å². The third-order valence-corrected chi connectivity index (χ3v) is 2.89. The lowest BCUT2D eigenvalue weighted by Gasteiger charge is -2.06. The van der Waals surface area contributed by atoms with Gasteiger partial charge in [-0.3, -0.25) is 4.79 Å². The van der Waals surface area contributed by atoms with E-state index in [1.165, 1.54) is 12.1 Å². The van der Waals surface area contributed by atoms with Crippen molar-refractivity contribution in [1.29, 1.82) is 0 Å². The number of oxime groups is 1. The normalized spacial score (nSPS) is 11.3. The molecule has 0 fully saturated rings. The number of carbonyl (C=O) groups excluding carboxylic acids is 1. The Hall–Kier alpha value is -1.63. The zero-order valence-electron chi connectivity index (χ0n) is 9.49. The van der Waals surface area contributed by atoms with Crippen LogP contribution in [0.25, 0.3) is 0 Å². The summed E-state index contributed by atoms with van der Waals surface area (Å²) in [5.74, 6) is -0.739. The Morgan fingerprint density at radius 1 is 1.56 bits per heavy atom. The van der Waals surface area contributed by atoms with E-state index in [0.717, 1.165) is 6.07 Å². The monoisotopic (exact) mass is 317 g/mol. The molecule has 0 heterocycles. The van der Waals surface area contributed by atoms with Crippen molar-refractivity contribution in [2.75, 3.05) is 6.54 Å². The third-order valence-electron chi connectivity index (χ3n) is 2.20. The number of halogens is 2. The molecule has 18 heavy (non-hydrogen) atoms. The standard InChI is InChI=1S/C11H13BrFN3O2/c12-9-4-3-7(13)6-8(9)11(17)15-5-1-2-10(14)16-18/h3-4,6,18H,1-2,5H2,(H2,14,16)(H,15,17). The zero-order chi connectivity index (χ0) is 13.5. The summed E-state index contributed by atoms with van der Waals surface area (Å²) in [6.07, 6.45) is 0.912. The van der Waals surface area contributed by atoms with Gasteiger partial charge in [-0.05, 0) is 40.5 Å². The molecule has 1 rings (SSSR count). The van der Waals surface area contributed by atoms with Crippen molar-refractivity contribution in [3.63, 3.8) is 0 Å². The van der Waals surface area contributed by atoms with Gasteiger partial charge in [-0.15, -0.1) is 0 Å². The molecule has 1 aromatic rings. The van der Waals surface area contributed by atoms with Gasteiger partial charge in [0.1, 0.15) is 11.7 Å². The predicted octanol–water partition coefficient (Wildman–Crippen LogP) is 1.84. The first kappa shape index (κ1) is 14.4. The van der Waals surface area contributed by atoms with Crippen molar-refractivity contribution in [1.82, 2.24) is 5.32 Å². The van der Waals surface area contributed by atoms with E-state index in [1.807, 2.05) is 0 Å². The van der Waals surface area contributed by atoms with E-state index in [1.54, 1.807) is 0 Å². The Balaban J connectivity index is 2.48. The van der Waals surface area contributed by atoms with Gasteiger partial charge < -0.3 is 16.3 Å². The predicted molar refractivity (Wildman–Crippen MR) is 69.1 cm³/mol. The molecule has 0 aromatic heterocycles. The molecule has 0 aliphatic rings. The number of benzene rings is 1. The summed E-state index contributed by atoms with van der Waals surface area (Å²) in [6.45, 7) is 0.359. The van der Waals surface area contributed by atoms with E-state index in [2.05, 4.69) is 26.4 Å². The highest BCUT2D eigenvalue weighted by atomic mass is 79.9. The molecule has 1 amide bonds. The first-order chi connectivity index (χ1) is 8.54. The lowest BCUT2D eigenvalue weighted by atomic mass is 10.2. The van der Waals surface area contributed by atoms with Crippen LogP contribution in [0, 0.1) is 5.82 Å². The lowest BCUT2D eigenvalue weighted by molar-refractivity contribution is 0.0952. The number of nitrogens with one attached hydrogen (secondary N) is 1. The lowest BCUT2D eigenvalue weighted by Crippen LogP contribution is -2.26. The maximum absolute atomic E-state index is 13.0. The van der Waals surface area contributed by atoms with Crippen LogP contribution in [0.4, 0.5) is 4.39 Å². The zero-order valence-corrected chi connectivity index (χ0v) is 11.1. The number of hydrogen-bond donors (Lipinski definition) is 3. The molecule has 0 aliphatic carbocycles. The van der Waals surface area contributed by atoms with Crippen LogP contribution in [0.3, 0.4) is 0 Å². The Labute approximate surface area is 112 Å². The number of hydrogen-bond acceptors (Lipinski definition) is 3. The number of nitrogens with two attached hydrogens (primary N) is 1. The van der Waals surface area contributed by atoms with E-state index >= 15 is 0 Å². The van der Waals surface area contributed by atoms with Crippen molar-refractivity contribution >= 4 is 27.7 Å². The van der Waals surface area contributed by atoms with E-state index in [9.17, 15) is 9.18 Å². The average Bonchev–Trinajstić information content (AvgIpc) is 2.36. The maximum Gasteiger partial charge on any atom is 0.252 e. The second-order valence-corrected chi connectivity index (χ2v) is 4.43. The molecule has 0 aliphatic heterocycles.